The number of benzene rings is 7. The number of para-hydroxylation sites is 3. The molecule has 214 valence electrons. The second-order valence-corrected chi connectivity index (χ2v) is 14.2. The van der Waals surface area contributed by atoms with Crippen molar-refractivity contribution < 1.29 is 0 Å². The molecule has 0 aliphatic carbocycles. The fourth-order valence-electron chi connectivity index (χ4n) is 7.83. The normalized spacial score (nSPS) is 12.3. The number of fused-ring (bicyclic) bond motifs is 13. The molecule has 0 aliphatic heterocycles. The molecule has 0 spiro atoms. The van der Waals surface area contributed by atoms with Crippen LogP contribution in [0.3, 0.4) is 0 Å². The third-order valence-corrected chi connectivity index (χ3v) is 12.1. The van der Waals surface area contributed by atoms with Gasteiger partial charge in [0.25, 0.3) is 0 Å². The molecule has 7 aromatic carbocycles. The van der Waals surface area contributed by atoms with E-state index in [4.69, 9.17) is 0 Å². The van der Waals surface area contributed by atoms with Crippen molar-refractivity contribution in [2.75, 3.05) is 0 Å². The van der Waals surface area contributed by atoms with Crippen LogP contribution in [0.5, 0.6) is 0 Å². The molecule has 46 heavy (non-hydrogen) atoms. The van der Waals surface area contributed by atoms with Gasteiger partial charge in [-0.25, -0.2) is 0 Å². The Morgan fingerprint density at radius 2 is 0.848 bits per heavy atom. The summed E-state index contributed by atoms with van der Waals surface area (Å²) in [6.07, 6.45) is 0. The van der Waals surface area contributed by atoms with Gasteiger partial charge < -0.3 is 9.13 Å². The van der Waals surface area contributed by atoms with Crippen LogP contribution in [0.4, 0.5) is 0 Å². The molecule has 0 bridgehead atoms. The van der Waals surface area contributed by atoms with E-state index < -0.39 is 0 Å². The topological polar surface area (TPSA) is 9.86 Å². The average molecular weight is 621 g/mol. The van der Waals surface area contributed by atoms with Gasteiger partial charge in [-0.3, -0.25) is 0 Å². The number of rotatable bonds is 2. The van der Waals surface area contributed by atoms with Crippen molar-refractivity contribution in [3.63, 3.8) is 0 Å². The Hall–Kier alpha value is -5.42. The maximum Gasteiger partial charge on any atom is 0.0783 e. The number of nitrogens with zero attached hydrogens (tertiary/aromatic N) is 2. The van der Waals surface area contributed by atoms with Crippen LogP contribution in [0.25, 0.3) is 95.3 Å². The van der Waals surface area contributed by atoms with Gasteiger partial charge in [-0.1, -0.05) is 103 Å². The van der Waals surface area contributed by atoms with Crippen LogP contribution in [0.1, 0.15) is 0 Å². The largest absolute Gasteiger partial charge is 0.307 e. The molecular formula is C42H24N2S2. The first-order valence-electron chi connectivity index (χ1n) is 15.6. The van der Waals surface area contributed by atoms with Crippen LogP contribution in [-0.4, -0.2) is 9.13 Å². The molecule has 11 rings (SSSR count). The zero-order valence-electron chi connectivity index (χ0n) is 24.6. The number of hydrogen-bond acceptors (Lipinski definition) is 2. The predicted molar refractivity (Wildman–Crippen MR) is 201 cm³/mol. The molecule has 0 aliphatic rings. The summed E-state index contributed by atoms with van der Waals surface area (Å²) < 4.78 is 10.4. The molecule has 0 unspecified atom stereocenters. The Labute approximate surface area is 271 Å². The van der Waals surface area contributed by atoms with Gasteiger partial charge in [-0.15, -0.1) is 22.7 Å². The predicted octanol–water partition coefficient (Wildman–Crippen LogP) is 12.6. The van der Waals surface area contributed by atoms with Gasteiger partial charge >= 0.3 is 0 Å². The van der Waals surface area contributed by atoms with E-state index in [9.17, 15) is 0 Å². The maximum atomic E-state index is 2.56. The summed E-state index contributed by atoms with van der Waals surface area (Å²) in [6.45, 7) is 0. The molecule has 4 aromatic heterocycles. The molecule has 0 fully saturated rings. The maximum absolute atomic E-state index is 2.56. The molecule has 4 heteroatoms. The van der Waals surface area contributed by atoms with E-state index in [-0.39, 0.29) is 0 Å². The number of thiophene rings is 2. The van der Waals surface area contributed by atoms with Crippen molar-refractivity contribution in [3.8, 4) is 11.4 Å². The van der Waals surface area contributed by atoms with Crippen molar-refractivity contribution in [1.29, 1.82) is 0 Å². The van der Waals surface area contributed by atoms with Gasteiger partial charge in [0.1, 0.15) is 0 Å². The van der Waals surface area contributed by atoms with Crippen LogP contribution in [0.2, 0.25) is 0 Å². The van der Waals surface area contributed by atoms with Crippen LogP contribution < -0.4 is 0 Å². The summed E-state index contributed by atoms with van der Waals surface area (Å²) in [6, 6.07) is 53.7. The van der Waals surface area contributed by atoms with E-state index in [0.29, 0.717) is 0 Å². The van der Waals surface area contributed by atoms with Gasteiger partial charge in [-0.2, -0.15) is 0 Å². The molecule has 0 radical (unpaired) electrons. The summed E-state index contributed by atoms with van der Waals surface area (Å²) >= 11 is 3.81. The fourth-order valence-corrected chi connectivity index (χ4v) is 10.3. The summed E-state index contributed by atoms with van der Waals surface area (Å²) in [7, 11) is 0. The molecule has 0 atom stereocenters. The first kappa shape index (κ1) is 24.8. The van der Waals surface area contributed by atoms with Crippen molar-refractivity contribution in [2.45, 2.75) is 0 Å². The van der Waals surface area contributed by atoms with E-state index in [2.05, 4.69) is 155 Å². The second-order valence-electron chi connectivity index (χ2n) is 12.1. The van der Waals surface area contributed by atoms with E-state index in [0.717, 1.165) is 0 Å². The Morgan fingerprint density at radius 3 is 1.54 bits per heavy atom. The van der Waals surface area contributed by atoms with E-state index >= 15 is 0 Å². The van der Waals surface area contributed by atoms with Gasteiger partial charge in [0.05, 0.1) is 38.1 Å². The van der Waals surface area contributed by atoms with Crippen molar-refractivity contribution >= 4 is 107 Å². The van der Waals surface area contributed by atoms with Crippen molar-refractivity contribution in [2.24, 2.45) is 0 Å². The molecule has 2 nitrogen and oxygen atoms in total. The molecule has 0 amide bonds. The molecule has 0 saturated heterocycles. The molecule has 0 saturated carbocycles. The fraction of sp³-hybridized carbons (Fsp3) is 0. The van der Waals surface area contributed by atoms with Crippen molar-refractivity contribution in [3.05, 3.63) is 146 Å². The molecule has 11 aromatic rings. The van der Waals surface area contributed by atoms with Gasteiger partial charge in [0, 0.05) is 57.2 Å². The van der Waals surface area contributed by atoms with E-state index in [1.807, 2.05) is 22.7 Å². The minimum absolute atomic E-state index is 1.19. The second kappa shape index (κ2) is 9.07. The quantitative estimate of drug-likeness (QED) is 0.182. The zero-order valence-corrected chi connectivity index (χ0v) is 26.2. The van der Waals surface area contributed by atoms with Crippen LogP contribution in [-0.2, 0) is 0 Å². The molecule has 4 heterocycles. The lowest BCUT2D eigenvalue weighted by molar-refractivity contribution is 1.14. The first-order chi connectivity index (χ1) is 22.8. The summed E-state index contributed by atoms with van der Waals surface area (Å²) in [5.41, 5.74) is 7.34. The smallest absolute Gasteiger partial charge is 0.0783 e. The Balaban J connectivity index is 1.39. The lowest BCUT2D eigenvalue weighted by atomic mass is 10.1. The van der Waals surface area contributed by atoms with Crippen molar-refractivity contribution in [1.82, 2.24) is 9.13 Å². The average Bonchev–Trinajstić information content (AvgIpc) is 3.85. The zero-order chi connectivity index (χ0) is 29.9. The van der Waals surface area contributed by atoms with Gasteiger partial charge in [-0.05, 0) is 42.5 Å². The third-order valence-electron chi connectivity index (χ3n) is 9.72. The minimum atomic E-state index is 1.19. The van der Waals surface area contributed by atoms with Gasteiger partial charge in [0.15, 0.2) is 0 Å². The SMILES string of the molecule is c1ccc2c(c1)sc1c(-n3c4ccc5c6ccccc6sc5c4c4cccc(-n5c6ccccc6c6ccccc65)c43)cccc12. The van der Waals surface area contributed by atoms with Crippen LogP contribution in [0, 0.1) is 0 Å². The first-order valence-corrected chi connectivity index (χ1v) is 17.2. The minimum Gasteiger partial charge on any atom is -0.307 e. The highest BCUT2D eigenvalue weighted by atomic mass is 32.1. The Kier molecular flexibility index (Phi) is 4.90. The highest BCUT2D eigenvalue weighted by Gasteiger charge is 2.23. The monoisotopic (exact) mass is 620 g/mol. The molecular weight excluding hydrogens is 597 g/mol. The standard InChI is InChI=1S/C42H24N2S2/c1-5-17-32-25(11-1)26-12-2-6-18-33(26)43(32)35-19-10-16-31-39-34(24-23-30-28-14-4-8-22-38(28)46-42(30)39)44(40(31)35)36-20-9-15-29-27-13-3-7-21-37(27)45-41(29)36/h1-24H. The summed E-state index contributed by atoms with van der Waals surface area (Å²) in [5.74, 6) is 0. The van der Waals surface area contributed by atoms with Gasteiger partial charge in [0.2, 0.25) is 0 Å². The Morgan fingerprint density at radius 1 is 0.326 bits per heavy atom. The number of aromatic nitrogens is 2. The van der Waals surface area contributed by atoms with Crippen LogP contribution in [0.15, 0.2) is 146 Å². The van der Waals surface area contributed by atoms with E-state index in [1.54, 1.807) is 0 Å². The van der Waals surface area contributed by atoms with Crippen LogP contribution >= 0.6 is 22.7 Å². The lowest BCUT2D eigenvalue weighted by Gasteiger charge is -2.15. The third kappa shape index (κ3) is 3.15. The summed E-state index contributed by atoms with van der Waals surface area (Å²) in [5, 5.41) is 10.4. The molecule has 0 N–H and O–H groups in total. The Bertz CT molecular complexity index is 2990. The number of hydrogen-bond donors (Lipinski definition) is 0. The highest BCUT2D eigenvalue weighted by molar-refractivity contribution is 7.27. The van der Waals surface area contributed by atoms with E-state index in [1.165, 1.54) is 95.3 Å². The summed E-state index contributed by atoms with van der Waals surface area (Å²) in [4.78, 5) is 0. The lowest BCUT2D eigenvalue weighted by Crippen LogP contribution is -2.00. The highest BCUT2D eigenvalue weighted by Crippen LogP contribution is 2.47.